The first kappa shape index (κ1) is 17.9. The Morgan fingerprint density at radius 2 is 1.96 bits per heavy atom. The van der Waals surface area contributed by atoms with E-state index in [0.717, 1.165) is 17.6 Å². The van der Waals surface area contributed by atoms with Gasteiger partial charge in [-0.05, 0) is 18.2 Å². The summed E-state index contributed by atoms with van der Waals surface area (Å²) < 4.78 is 29.7. The number of halogens is 2. The molecule has 130 valence electrons. The van der Waals surface area contributed by atoms with Crippen LogP contribution in [0.4, 0.5) is 6.01 Å². The van der Waals surface area contributed by atoms with Crippen LogP contribution in [0.1, 0.15) is 10.4 Å². The number of nitrogens with zero attached hydrogens (tertiary/aromatic N) is 2. The molecule has 11 heteroatoms. The number of thiophene rings is 1. The van der Waals surface area contributed by atoms with Gasteiger partial charge in [0.15, 0.2) is 9.84 Å². The lowest BCUT2D eigenvalue weighted by Gasteiger charge is -2.06. The highest BCUT2D eigenvalue weighted by atomic mass is 35.5. The second-order valence-electron chi connectivity index (χ2n) is 4.87. The number of anilines is 1. The molecule has 3 aromatic rings. The van der Waals surface area contributed by atoms with Crippen LogP contribution in [0.25, 0.3) is 11.5 Å². The fourth-order valence-corrected chi connectivity index (χ4v) is 4.34. The molecule has 3 rings (SSSR count). The number of benzene rings is 1. The number of hydrogen-bond acceptors (Lipinski definition) is 7. The molecule has 1 amide bonds. The van der Waals surface area contributed by atoms with Crippen LogP contribution in [-0.4, -0.2) is 30.8 Å². The van der Waals surface area contributed by atoms with Crippen LogP contribution in [0.15, 0.2) is 39.6 Å². The Hall–Kier alpha value is -1.94. The summed E-state index contributed by atoms with van der Waals surface area (Å²) in [6, 6.07) is 7.18. The van der Waals surface area contributed by atoms with Crippen molar-refractivity contribution >= 4 is 56.3 Å². The molecule has 7 nitrogen and oxygen atoms in total. The Morgan fingerprint density at radius 1 is 1.24 bits per heavy atom. The lowest BCUT2D eigenvalue weighted by Crippen LogP contribution is -2.16. The molecule has 0 unspecified atom stereocenters. The third-order valence-electron chi connectivity index (χ3n) is 3.06. The summed E-state index contributed by atoms with van der Waals surface area (Å²) in [5, 5.41) is 9.87. The highest BCUT2D eigenvalue weighted by Gasteiger charge is 2.21. The summed E-state index contributed by atoms with van der Waals surface area (Å²) in [7, 11) is -3.57. The van der Waals surface area contributed by atoms with E-state index >= 15 is 0 Å². The monoisotopic (exact) mass is 417 g/mol. The number of rotatable bonds is 4. The maximum atomic E-state index is 12.3. The number of amides is 1. The van der Waals surface area contributed by atoms with Gasteiger partial charge < -0.3 is 4.42 Å². The maximum absolute atomic E-state index is 12.3. The van der Waals surface area contributed by atoms with E-state index in [1.807, 2.05) is 0 Å². The zero-order valence-corrected chi connectivity index (χ0v) is 15.6. The van der Waals surface area contributed by atoms with Crippen molar-refractivity contribution in [3.63, 3.8) is 0 Å². The minimum Gasteiger partial charge on any atom is -0.403 e. The fraction of sp³-hybridized carbons (Fsp3) is 0.0714. The first-order chi connectivity index (χ1) is 11.8. The van der Waals surface area contributed by atoms with Crippen molar-refractivity contribution in [1.29, 1.82) is 0 Å². The van der Waals surface area contributed by atoms with Gasteiger partial charge in [-0.15, -0.1) is 16.4 Å². The molecule has 0 aliphatic heterocycles. The third-order valence-corrected chi connectivity index (χ3v) is 5.71. The van der Waals surface area contributed by atoms with Gasteiger partial charge in [0.25, 0.3) is 11.8 Å². The molecular weight excluding hydrogens is 409 g/mol. The molecular formula is C14H9Cl2N3O4S2. The smallest absolute Gasteiger partial charge is 0.322 e. The third kappa shape index (κ3) is 3.84. The molecule has 0 saturated carbocycles. The number of hydrogen-bond donors (Lipinski definition) is 1. The van der Waals surface area contributed by atoms with Gasteiger partial charge in [-0.3, -0.25) is 10.1 Å². The molecule has 0 fully saturated rings. The van der Waals surface area contributed by atoms with Gasteiger partial charge in [-0.1, -0.05) is 40.4 Å². The van der Waals surface area contributed by atoms with E-state index in [-0.39, 0.29) is 22.4 Å². The highest BCUT2D eigenvalue weighted by Crippen LogP contribution is 2.37. The molecule has 1 aromatic carbocycles. The van der Waals surface area contributed by atoms with Crippen molar-refractivity contribution in [2.45, 2.75) is 4.90 Å². The highest BCUT2D eigenvalue weighted by molar-refractivity contribution is 7.90. The van der Waals surface area contributed by atoms with Gasteiger partial charge in [0.05, 0.1) is 20.4 Å². The molecule has 0 bridgehead atoms. The average Bonchev–Trinajstić information content (AvgIpc) is 3.12. The van der Waals surface area contributed by atoms with Crippen LogP contribution in [0, 0.1) is 0 Å². The number of carbonyl (C=O) groups excluding carboxylic acids is 1. The van der Waals surface area contributed by atoms with Gasteiger partial charge in [-0.2, -0.15) is 0 Å². The number of carbonyl (C=O) groups is 1. The minimum absolute atomic E-state index is 0.0265. The van der Waals surface area contributed by atoms with Crippen molar-refractivity contribution < 1.29 is 17.6 Å². The van der Waals surface area contributed by atoms with Crippen molar-refractivity contribution in [2.75, 3.05) is 11.6 Å². The molecule has 0 radical (unpaired) electrons. The lowest BCUT2D eigenvalue weighted by molar-refractivity contribution is 0.102. The SMILES string of the molecule is CS(=O)(=O)c1ccccc1C(=O)Nc1nnc(-c2cc(Cl)sc2Cl)o1. The molecule has 2 heterocycles. The minimum atomic E-state index is -3.57. The zero-order valence-electron chi connectivity index (χ0n) is 12.5. The Bertz CT molecular complexity index is 1060. The molecule has 2 aromatic heterocycles. The van der Waals surface area contributed by atoms with E-state index in [9.17, 15) is 13.2 Å². The van der Waals surface area contributed by atoms with Crippen molar-refractivity contribution in [3.8, 4) is 11.5 Å². The summed E-state index contributed by atoms with van der Waals surface area (Å²) in [6.07, 6.45) is 1.02. The van der Waals surface area contributed by atoms with Crippen LogP contribution in [0.2, 0.25) is 8.67 Å². The zero-order chi connectivity index (χ0) is 18.2. The largest absolute Gasteiger partial charge is 0.403 e. The Morgan fingerprint density at radius 3 is 2.60 bits per heavy atom. The molecule has 0 aliphatic carbocycles. The first-order valence-electron chi connectivity index (χ1n) is 6.65. The summed E-state index contributed by atoms with van der Waals surface area (Å²) >= 11 is 13.0. The maximum Gasteiger partial charge on any atom is 0.322 e. The molecule has 0 spiro atoms. The topological polar surface area (TPSA) is 102 Å². The van der Waals surface area contributed by atoms with Crippen molar-refractivity contribution in [1.82, 2.24) is 10.2 Å². The van der Waals surface area contributed by atoms with Crippen LogP contribution in [-0.2, 0) is 9.84 Å². The number of aromatic nitrogens is 2. The first-order valence-corrected chi connectivity index (χ1v) is 10.1. The van der Waals surface area contributed by atoms with Crippen molar-refractivity contribution in [3.05, 3.63) is 44.6 Å². The van der Waals surface area contributed by atoms with Crippen LogP contribution >= 0.6 is 34.5 Å². The van der Waals surface area contributed by atoms with Gasteiger partial charge >= 0.3 is 6.01 Å². The fourth-order valence-electron chi connectivity index (χ4n) is 2.01. The van der Waals surface area contributed by atoms with Gasteiger partial charge in [0.2, 0.25) is 0 Å². The number of nitrogens with one attached hydrogen (secondary N) is 1. The summed E-state index contributed by atoms with van der Waals surface area (Å²) in [5.74, 6) is -0.606. The molecule has 1 N–H and O–H groups in total. The van der Waals surface area contributed by atoms with Gasteiger partial charge in [0, 0.05) is 6.26 Å². The molecule has 0 aliphatic rings. The van der Waals surface area contributed by atoms with E-state index < -0.39 is 15.7 Å². The summed E-state index contributed by atoms with van der Waals surface area (Å²) in [4.78, 5) is 12.3. The predicted molar refractivity (Wildman–Crippen MR) is 95.1 cm³/mol. The van der Waals surface area contributed by atoms with Crippen LogP contribution in [0.3, 0.4) is 0 Å². The van der Waals surface area contributed by atoms with E-state index in [2.05, 4.69) is 15.5 Å². The molecule has 0 saturated heterocycles. The Kier molecular flexibility index (Phi) is 4.83. The quantitative estimate of drug-likeness (QED) is 0.692. The molecule has 25 heavy (non-hydrogen) atoms. The lowest BCUT2D eigenvalue weighted by atomic mass is 10.2. The second-order valence-corrected chi connectivity index (χ2v) is 9.14. The Labute approximate surface area is 156 Å². The Balaban J connectivity index is 1.87. The van der Waals surface area contributed by atoms with Crippen LogP contribution < -0.4 is 5.32 Å². The summed E-state index contributed by atoms with van der Waals surface area (Å²) in [5.41, 5.74) is 0.419. The molecule has 0 atom stereocenters. The normalized spacial score (nSPS) is 11.5. The summed E-state index contributed by atoms with van der Waals surface area (Å²) in [6.45, 7) is 0. The van der Waals surface area contributed by atoms with E-state index in [4.69, 9.17) is 27.6 Å². The van der Waals surface area contributed by atoms with E-state index in [1.54, 1.807) is 12.1 Å². The average molecular weight is 418 g/mol. The van der Waals surface area contributed by atoms with Crippen molar-refractivity contribution in [2.24, 2.45) is 0 Å². The van der Waals surface area contributed by atoms with Crippen LogP contribution in [0.5, 0.6) is 0 Å². The van der Waals surface area contributed by atoms with E-state index in [1.165, 1.54) is 18.2 Å². The van der Waals surface area contributed by atoms with Gasteiger partial charge in [-0.25, -0.2) is 8.42 Å². The van der Waals surface area contributed by atoms with Gasteiger partial charge in [0.1, 0.15) is 4.34 Å². The van der Waals surface area contributed by atoms with E-state index in [0.29, 0.717) is 14.2 Å². The number of sulfone groups is 1. The predicted octanol–water partition coefficient (Wildman–Crippen LogP) is 3.76. The second kappa shape index (κ2) is 6.75. The standard InChI is InChI=1S/C14H9Cl2N3O4S2/c1-25(21,22)9-5-3-2-4-7(9)12(20)17-14-19-18-13(23-14)8-6-10(15)24-11(8)16/h2-6H,1H3,(H,17,19,20).